The lowest BCUT2D eigenvalue weighted by Gasteiger charge is -2.19. The maximum atomic E-state index is 12.8. The van der Waals surface area contributed by atoms with E-state index in [2.05, 4.69) is 5.32 Å². The molecule has 0 heterocycles. The van der Waals surface area contributed by atoms with Gasteiger partial charge >= 0.3 is 5.97 Å². The van der Waals surface area contributed by atoms with Gasteiger partial charge in [-0.3, -0.25) is 14.4 Å². The lowest BCUT2D eigenvalue weighted by molar-refractivity contribution is -0.137. The summed E-state index contributed by atoms with van der Waals surface area (Å²) < 4.78 is 5.66. The molecule has 0 bridgehead atoms. The van der Waals surface area contributed by atoms with Crippen molar-refractivity contribution in [3.05, 3.63) is 42.0 Å². The molecule has 2 aromatic rings. The molecule has 7 heteroatoms. The summed E-state index contributed by atoms with van der Waals surface area (Å²) in [6.45, 7) is -0.0867. The van der Waals surface area contributed by atoms with E-state index < -0.39 is 5.97 Å². The number of fused-ring (bicyclic) bond motifs is 1. The summed E-state index contributed by atoms with van der Waals surface area (Å²) in [4.78, 5) is 36.8. The fourth-order valence-electron chi connectivity index (χ4n) is 2.72. The van der Waals surface area contributed by atoms with Gasteiger partial charge in [-0.25, -0.2) is 0 Å². The van der Waals surface area contributed by atoms with Crippen molar-refractivity contribution < 1.29 is 24.2 Å². The van der Waals surface area contributed by atoms with Crippen LogP contribution in [0.2, 0.25) is 0 Å². The van der Waals surface area contributed by atoms with Gasteiger partial charge < -0.3 is 20.1 Å². The van der Waals surface area contributed by atoms with Crippen LogP contribution in [0.1, 0.15) is 29.6 Å². The molecule has 3 rings (SSSR count). The van der Waals surface area contributed by atoms with Crippen LogP contribution < -0.4 is 10.1 Å². The molecule has 0 atom stereocenters. The molecule has 0 saturated heterocycles. The number of nitrogens with one attached hydrogen (secondary N) is 1. The van der Waals surface area contributed by atoms with E-state index >= 15 is 0 Å². The fourth-order valence-corrected chi connectivity index (χ4v) is 2.72. The van der Waals surface area contributed by atoms with Crippen LogP contribution in [0.25, 0.3) is 10.8 Å². The number of rotatable bonds is 8. The molecule has 0 unspecified atom stereocenters. The summed E-state index contributed by atoms with van der Waals surface area (Å²) in [7, 11) is 1.55. The van der Waals surface area contributed by atoms with Crippen molar-refractivity contribution in [1.29, 1.82) is 0 Å². The van der Waals surface area contributed by atoms with Gasteiger partial charge in [-0.15, -0.1) is 0 Å². The number of hydrogen-bond donors (Lipinski definition) is 2. The first-order valence-corrected chi connectivity index (χ1v) is 8.86. The lowest BCUT2D eigenvalue weighted by atomic mass is 10.0. The monoisotopic (exact) mass is 370 g/mol. The topological polar surface area (TPSA) is 95.9 Å². The number of carbonyl (C=O) groups is 3. The zero-order valence-electron chi connectivity index (χ0n) is 15.1. The van der Waals surface area contributed by atoms with E-state index in [0.29, 0.717) is 11.3 Å². The molecule has 2 amide bonds. The van der Waals surface area contributed by atoms with Gasteiger partial charge in [-0.05, 0) is 35.7 Å². The molecular formula is C20H22N2O5. The minimum absolute atomic E-state index is 0.0859. The number of carboxylic acid groups (broad SMARTS) is 1. The van der Waals surface area contributed by atoms with Crippen LogP contribution in [-0.2, 0) is 9.59 Å². The average molecular weight is 370 g/mol. The minimum Gasteiger partial charge on any atom is -0.483 e. The minimum atomic E-state index is -0.971. The largest absolute Gasteiger partial charge is 0.483 e. The number of amides is 2. The van der Waals surface area contributed by atoms with Crippen LogP contribution in [-0.4, -0.2) is 54.0 Å². The van der Waals surface area contributed by atoms with Crippen molar-refractivity contribution in [2.75, 3.05) is 20.2 Å². The molecule has 0 spiro atoms. The van der Waals surface area contributed by atoms with Crippen LogP contribution in [0.15, 0.2) is 36.4 Å². The van der Waals surface area contributed by atoms with Crippen molar-refractivity contribution in [3.63, 3.8) is 0 Å². The maximum absolute atomic E-state index is 12.8. The van der Waals surface area contributed by atoms with Gasteiger partial charge in [0.05, 0.1) is 12.0 Å². The Morgan fingerprint density at radius 3 is 2.48 bits per heavy atom. The highest BCUT2D eigenvalue weighted by Crippen LogP contribution is 2.27. The summed E-state index contributed by atoms with van der Waals surface area (Å²) in [5.74, 6) is -1.23. The molecule has 7 nitrogen and oxygen atoms in total. The number of nitrogens with zero attached hydrogens (tertiary/aromatic N) is 1. The number of ether oxygens (including phenoxy) is 1. The first kappa shape index (κ1) is 18.7. The molecule has 2 aromatic carbocycles. The van der Waals surface area contributed by atoms with Gasteiger partial charge in [-0.2, -0.15) is 0 Å². The second-order valence-corrected chi connectivity index (χ2v) is 6.70. The Hall–Kier alpha value is -3.09. The Morgan fingerprint density at radius 2 is 1.85 bits per heavy atom. The van der Waals surface area contributed by atoms with Gasteiger partial charge in [0.2, 0.25) is 0 Å². The van der Waals surface area contributed by atoms with E-state index in [9.17, 15) is 14.4 Å². The second-order valence-electron chi connectivity index (χ2n) is 6.70. The number of hydrogen-bond acceptors (Lipinski definition) is 4. The van der Waals surface area contributed by atoms with E-state index in [4.69, 9.17) is 9.84 Å². The normalized spacial score (nSPS) is 13.2. The standard InChI is InChI=1S/C20H22N2O5/c1-22(9-8-19(24)25)20(26)16-10-13-4-2-3-5-14(13)11-17(16)27-12-18(23)21-15-6-7-15/h2-5,10-11,15H,6-9,12H2,1H3,(H,21,23)(H,24,25). The highest BCUT2D eigenvalue weighted by Gasteiger charge is 2.24. The summed E-state index contributed by atoms with van der Waals surface area (Å²) in [5.41, 5.74) is 0.306. The second kappa shape index (κ2) is 8.07. The third kappa shape index (κ3) is 4.97. The van der Waals surface area contributed by atoms with Gasteiger partial charge in [0.15, 0.2) is 6.61 Å². The molecule has 1 aliphatic rings. The number of aliphatic carboxylic acids is 1. The summed E-state index contributed by atoms with van der Waals surface area (Å²) in [6.07, 6.45) is 1.83. The summed E-state index contributed by atoms with van der Waals surface area (Å²) >= 11 is 0. The molecule has 27 heavy (non-hydrogen) atoms. The van der Waals surface area contributed by atoms with E-state index in [1.54, 1.807) is 19.2 Å². The highest BCUT2D eigenvalue weighted by atomic mass is 16.5. The zero-order chi connectivity index (χ0) is 19.4. The maximum Gasteiger partial charge on any atom is 0.305 e. The first-order chi connectivity index (χ1) is 12.9. The van der Waals surface area contributed by atoms with Crippen LogP contribution in [0.5, 0.6) is 5.75 Å². The van der Waals surface area contributed by atoms with E-state index in [1.165, 1.54) is 4.90 Å². The molecule has 2 N–H and O–H groups in total. The number of carboxylic acids is 1. The molecular weight excluding hydrogens is 348 g/mol. The fraction of sp³-hybridized carbons (Fsp3) is 0.350. The summed E-state index contributed by atoms with van der Waals surface area (Å²) in [6, 6.07) is 11.2. The number of benzene rings is 2. The molecule has 1 fully saturated rings. The molecule has 142 valence electrons. The van der Waals surface area contributed by atoms with Gasteiger partial charge in [-0.1, -0.05) is 24.3 Å². The van der Waals surface area contributed by atoms with Crippen LogP contribution in [0.4, 0.5) is 0 Å². The Bertz CT molecular complexity index is 876. The van der Waals surface area contributed by atoms with Crippen molar-refractivity contribution in [1.82, 2.24) is 10.2 Å². The van der Waals surface area contributed by atoms with Crippen LogP contribution in [0.3, 0.4) is 0 Å². The van der Waals surface area contributed by atoms with Crippen molar-refractivity contribution in [2.45, 2.75) is 25.3 Å². The molecule has 0 radical (unpaired) electrons. The first-order valence-electron chi connectivity index (χ1n) is 8.86. The molecule has 0 aromatic heterocycles. The Balaban J connectivity index is 1.82. The molecule has 1 aliphatic carbocycles. The van der Waals surface area contributed by atoms with E-state index in [-0.39, 0.29) is 37.4 Å². The third-order valence-corrected chi connectivity index (χ3v) is 4.39. The van der Waals surface area contributed by atoms with Crippen LogP contribution >= 0.6 is 0 Å². The van der Waals surface area contributed by atoms with Crippen molar-refractivity contribution >= 4 is 28.6 Å². The smallest absolute Gasteiger partial charge is 0.305 e. The highest BCUT2D eigenvalue weighted by molar-refractivity contribution is 6.01. The Kier molecular flexibility index (Phi) is 5.59. The zero-order valence-corrected chi connectivity index (χ0v) is 15.1. The van der Waals surface area contributed by atoms with E-state index in [1.807, 2.05) is 24.3 Å². The Morgan fingerprint density at radius 1 is 1.19 bits per heavy atom. The average Bonchev–Trinajstić information content (AvgIpc) is 3.46. The predicted octanol–water partition coefficient (Wildman–Crippen LogP) is 2.04. The lowest BCUT2D eigenvalue weighted by Crippen LogP contribution is -2.32. The predicted molar refractivity (Wildman–Crippen MR) is 99.8 cm³/mol. The van der Waals surface area contributed by atoms with Crippen molar-refractivity contribution in [3.8, 4) is 5.75 Å². The van der Waals surface area contributed by atoms with Gasteiger partial charge in [0.1, 0.15) is 5.75 Å². The van der Waals surface area contributed by atoms with E-state index in [0.717, 1.165) is 23.6 Å². The SMILES string of the molecule is CN(CCC(=O)O)C(=O)c1cc2ccccc2cc1OCC(=O)NC1CC1. The summed E-state index contributed by atoms with van der Waals surface area (Å²) in [5, 5.41) is 13.4. The van der Waals surface area contributed by atoms with Crippen LogP contribution in [0, 0.1) is 0 Å². The van der Waals surface area contributed by atoms with Gasteiger partial charge in [0, 0.05) is 19.6 Å². The third-order valence-electron chi connectivity index (χ3n) is 4.39. The quantitative estimate of drug-likeness (QED) is 0.741. The molecule has 1 saturated carbocycles. The van der Waals surface area contributed by atoms with Gasteiger partial charge in [0.25, 0.3) is 11.8 Å². The number of carbonyl (C=O) groups excluding carboxylic acids is 2. The van der Waals surface area contributed by atoms with Crippen molar-refractivity contribution in [2.24, 2.45) is 0 Å². The molecule has 0 aliphatic heterocycles. The Labute approximate surface area is 156 Å².